The lowest BCUT2D eigenvalue weighted by Crippen LogP contribution is -2.48. The first-order valence-electron chi connectivity index (χ1n) is 11.5. The Hall–Kier alpha value is -3.42. The average Bonchev–Trinajstić information content (AvgIpc) is 2.89. The van der Waals surface area contributed by atoms with Gasteiger partial charge in [-0.15, -0.1) is 0 Å². The number of carbonyl (C=O) groups is 2. The van der Waals surface area contributed by atoms with E-state index in [1.165, 1.54) is 7.11 Å². The summed E-state index contributed by atoms with van der Waals surface area (Å²) in [5.41, 5.74) is 1.90. The minimum absolute atomic E-state index is 0.00676. The zero-order valence-corrected chi connectivity index (χ0v) is 20.4. The summed E-state index contributed by atoms with van der Waals surface area (Å²) in [6.07, 6.45) is 3.08. The van der Waals surface area contributed by atoms with Gasteiger partial charge in [0.2, 0.25) is 5.91 Å². The molecule has 34 heavy (non-hydrogen) atoms. The van der Waals surface area contributed by atoms with Crippen molar-refractivity contribution in [2.45, 2.75) is 31.2 Å². The van der Waals surface area contributed by atoms with Gasteiger partial charge >= 0.3 is 0 Å². The largest absolute Gasteiger partial charge is 0.493 e. The average molecular weight is 469 g/mol. The maximum Gasteiger partial charge on any atom is 0.254 e. The number of fused-ring (bicyclic) bond motifs is 1. The summed E-state index contributed by atoms with van der Waals surface area (Å²) in [6.45, 7) is 1.43. The first-order valence-corrected chi connectivity index (χ1v) is 11.5. The molecule has 0 unspecified atom stereocenters. The fourth-order valence-corrected chi connectivity index (χ4v) is 5.08. The second-order valence-corrected chi connectivity index (χ2v) is 8.63. The fourth-order valence-electron chi connectivity index (χ4n) is 5.08. The summed E-state index contributed by atoms with van der Waals surface area (Å²) < 4.78 is 21.9. The van der Waals surface area contributed by atoms with Crippen LogP contribution in [0.5, 0.6) is 23.0 Å². The second kappa shape index (κ2) is 9.83. The van der Waals surface area contributed by atoms with Crippen molar-refractivity contribution in [1.29, 1.82) is 0 Å². The summed E-state index contributed by atoms with van der Waals surface area (Å²) in [6, 6.07) is 8.47. The molecule has 8 nitrogen and oxygen atoms in total. The van der Waals surface area contributed by atoms with Crippen LogP contribution in [0.15, 0.2) is 30.3 Å². The van der Waals surface area contributed by atoms with Gasteiger partial charge in [-0.1, -0.05) is 6.07 Å². The van der Waals surface area contributed by atoms with E-state index >= 15 is 0 Å². The molecule has 2 aliphatic rings. The highest BCUT2D eigenvalue weighted by atomic mass is 16.5. The van der Waals surface area contributed by atoms with Crippen molar-refractivity contribution in [3.63, 3.8) is 0 Å². The Morgan fingerprint density at radius 1 is 0.824 bits per heavy atom. The van der Waals surface area contributed by atoms with Crippen molar-refractivity contribution >= 4 is 11.8 Å². The first kappa shape index (κ1) is 23.7. The van der Waals surface area contributed by atoms with E-state index in [-0.39, 0.29) is 11.8 Å². The third-order valence-corrected chi connectivity index (χ3v) is 6.86. The smallest absolute Gasteiger partial charge is 0.254 e. The van der Waals surface area contributed by atoms with Crippen LogP contribution in [0.1, 0.15) is 52.7 Å². The molecular weight excluding hydrogens is 436 g/mol. The Bertz CT molecular complexity index is 1080. The van der Waals surface area contributed by atoms with E-state index in [4.69, 9.17) is 18.9 Å². The monoisotopic (exact) mass is 468 g/mol. The molecule has 0 aliphatic carbocycles. The molecular formula is C26H32N2O6. The Kier molecular flexibility index (Phi) is 6.86. The molecule has 182 valence electrons. The van der Waals surface area contributed by atoms with E-state index in [1.54, 1.807) is 51.5 Å². The van der Waals surface area contributed by atoms with Gasteiger partial charge in [0, 0.05) is 25.7 Å². The Morgan fingerprint density at radius 3 is 2.03 bits per heavy atom. The lowest BCUT2D eigenvalue weighted by molar-refractivity contribution is -0.135. The molecule has 0 N–H and O–H groups in total. The maximum atomic E-state index is 14.0. The molecule has 0 spiro atoms. The summed E-state index contributed by atoms with van der Waals surface area (Å²) in [5.74, 6) is 1.29. The molecule has 0 radical (unpaired) electrons. The predicted octanol–water partition coefficient (Wildman–Crippen LogP) is 3.64. The van der Waals surface area contributed by atoms with Crippen LogP contribution >= 0.6 is 0 Å². The second-order valence-electron chi connectivity index (χ2n) is 8.63. The van der Waals surface area contributed by atoms with Gasteiger partial charge in [-0.2, -0.15) is 0 Å². The van der Waals surface area contributed by atoms with Crippen LogP contribution in [0.4, 0.5) is 0 Å². The lowest BCUT2D eigenvalue weighted by atomic mass is 9.78. The van der Waals surface area contributed by atoms with Gasteiger partial charge in [0.25, 0.3) is 5.91 Å². The number of hydrogen-bond donors (Lipinski definition) is 0. The molecule has 2 aromatic rings. The topological polar surface area (TPSA) is 77.5 Å². The van der Waals surface area contributed by atoms with E-state index in [2.05, 4.69) is 0 Å². The summed E-state index contributed by atoms with van der Waals surface area (Å²) >= 11 is 0. The highest BCUT2D eigenvalue weighted by Crippen LogP contribution is 2.47. The number of nitrogens with zero attached hydrogens (tertiary/aromatic N) is 2. The third kappa shape index (κ3) is 4.02. The molecule has 1 saturated heterocycles. The number of amides is 2. The lowest BCUT2D eigenvalue weighted by Gasteiger charge is -2.42. The van der Waals surface area contributed by atoms with Crippen LogP contribution in [-0.4, -0.2) is 70.2 Å². The van der Waals surface area contributed by atoms with Crippen molar-refractivity contribution in [1.82, 2.24) is 9.80 Å². The Balaban J connectivity index is 1.91. The van der Waals surface area contributed by atoms with Gasteiger partial charge in [-0.05, 0) is 54.7 Å². The van der Waals surface area contributed by atoms with Gasteiger partial charge in [0.1, 0.15) is 0 Å². The fraction of sp³-hybridized carbons (Fsp3) is 0.462. The molecule has 2 aromatic carbocycles. The number of hydrogen-bond acceptors (Lipinski definition) is 6. The van der Waals surface area contributed by atoms with Crippen LogP contribution in [0.25, 0.3) is 0 Å². The number of methoxy groups -OCH3 is 4. The number of piperidine rings is 1. The summed E-state index contributed by atoms with van der Waals surface area (Å²) in [7, 11) is 7.96. The van der Waals surface area contributed by atoms with Gasteiger partial charge < -0.3 is 28.7 Å². The predicted molar refractivity (Wildman–Crippen MR) is 127 cm³/mol. The van der Waals surface area contributed by atoms with Crippen molar-refractivity contribution in [3.05, 3.63) is 47.0 Å². The first-order chi connectivity index (χ1) is 16.4. The van der Waals surface area contributed by atoms with Crippen LogP contribution < -0.4 is 18.9 Å². The van der Waals surface area contributed by atoms with E-state index < -0.39 is 12.0 Å². The van der Waals surface area contributed by atoms with E-state index in [0.717, 1.165) is 24.8 Å². The van der Waals surface area contributed by atoms with Crippen molar-refractivity contribution in [2.75, 3.05) is 48.6 Å². The summed E-state index contributed by atoms with van der Waals surface area (Å²) in [5, 5.41) is 0. The quantitative estimate of drug-likeness (QED) is 0.644. The minimum atomic E-state index is -0.603. The van der Waals surface area contributed by atoms with E-state index in [1.807, 2.05) is 17.0 Å². The number of rotatable bonds is 6. The molecule has 2 aliphatic heterocycles. The number of likely N-dealkylation sites (N-methyl/N-ethyl adjacent to an activating group) is 1. The molecule has 2 atom stereocenters. The summed E-state index contributed by atoms with van der Waals surface area (Å²) in [4.78, 5) is 31.1. The molecule has 0 bridgehead atoms. The Labute approximate surface area is 200 Å². The number of carbonyl (C=O) groups excluding carboxylic acids is 2. The van der Waals surface area contributed by atoms with Crippen LogP contribution in [0, 0.1) is 0 Å². The highest BCUT2D eigenvalue weighted by Gasteiger charge is 2.45. The van der Waals surface area contributed by atoms with Crippen molar-refractivity contribution in [3.8, 4) is 23.0 Å². The Morgan fingerprint density at radius 2 is 1.41 bits per heavy atom. The van der Waals surface area contributed by atoms with Crippen LogP contribution in [0.3, 0.4) is 0 Å². The zero-order chi connectivity index (χ0) is 24.4. The maximum absolute atomic E-state index is 14.0. The zero-order valence-electron chi connectivity index (χ0n) is 20.4. The standard InChI is InChI=1S/C26H32N2O6/c1-27-24(16-9-10-19(31-2)20(13-16)32-3)23(26(30)28-11-7-6-8-12-28)17-14-21(33-4)22(34-5)15-18(17)25(27)29/h9-10,13-15,23-24H,6-8,11-12H2,1-5H3/t23-,24+/m0/s1. The SMILES string of the molecule is COc1ccc([C@@H]2[C@@H](C(=O)N3CCCCC3)c3cc(OC)c(OC)cc3C(=O)N2C)cc1OC. The highest BCUT2D eigenvalue weighted by molar-refractivity contribution is 6.02. The van der Waals surface area contributed by atoms with Gasteiger partial charge in [-0.3, -0.25) is 9.59 Å². The van der Waals surface area contributed by atoms with Crippen molar-refractivity contribution < 1.29 is 28.5 Å². The van der Waals surface area contributed by atoms with Gasteiger partial charge in [0.15, 0.2) is 23.0 Å². The molecule has 0 saturated carbocycles. The van der Waals surface area contributed by atoms with Gasteiger partial charge in [0.05, 0.1) is 40.4 Å². The normalized spacial score (nSPS) is 20.0. The molecule has 8 heteroatoms. The van der Waals surface area contributed by atoms with Crippen LogP contribution in [0.2, 0.25) is 0 Å². The molecule has 2 amide bonds. The van der Waals surface area contributed by atoms with Crippen LogP contribution in [-0.2, 0) is 4.79 Å². The van der Waals surface area contributed by atoms with Crippen molar-refractivity contribution in [2.24, 2.45) is 0 Å². The molecule has 0 aromatic heterocycles. The molecule has 1 fully saturated rings. The molecule has 4 rings (SSSR count). The number of ether oxygens (including phenoxy) is 4. The number of benzene rings is 2. The van der Waals surface area contributed by atoms with Gasteiger partial charge in [-0.25, -0.2) is 0 Å². The van der Waals surface area contributed by atoms with E-state index in [0.29, 0.717) is 47.2 Å². The number of likely N-dealkylation sites (tertiary alicyclic amines) is 1. The minimum Gasteiger partial charge on any atom is -0.493 e. The van der Waals surface area contributed by atoms with E-state index in [9.17, 15) is 9.59 Å². The molecule has 2 heterocycles. The third-order valence-electron chi connectivity index (χ3n) is 6.86.